The number of phenolic OH excluding ortho intramolecular Hbond substituents is 1. The second-order valence-electron chi connectivity index (χ2n) is 15.5. The van der Waals surface area contributed by atoms with Gasteiger partial charge in [0.05, 0.1) is 59.2 Å². The van der Waals surface area contributed by atoms with Crippen molar-refractivity contribution in [2.75, 3.05) is 40.3 Å². The number of hydrogen-bond acceptors (Lipinski definition) is 14. The summed E-state index contributed by atoms with van der Waals surface area (Å²) < 4.78 is 17.6. The van der Waals surface area contributed by atoms with E-state index in [0.29, 0.717) is 26.2 Å². The van der Waals surface area contributed by atoms with E-state index in [1.807, 2.05) is 7.05 Å². The summed E-state index contributed by atoms with van der Waals surface area (Å²) in [6.45, 7) is 13.5. The van der Waals surface area contributed by atoms with Gasteiger partial charge in [0.25, 0.3) is 11.7 Å². The van der Waals surface area contributed by atoms with E-state index < -0.39 is 99.7 Å². The largest absolute Gasteiger partial charge is 0.507 e. The SMILES string of the molecule is CO[C@H]1/C=C/O[C@@]2(C)Oc3c(C)c(O)c4c(c3C2=O)C(=O)C(/C=N/N2CCN(C)CC2)=C(NC(=O)/C(C)=C\C=C\[C@H](C)[C@H](O)[C@@H](C)[C@@H](O)[C@@H](C)[C@H](O)[C@@H]1C)C4=O. The highest BCUT2D eigenvalue weighted by Gasteiger charge is 2.52. The summed E-state index contributed by atoms with van der Waals surface area (Å²) in [6, 6.07) is 0. The van der Waals surface area contributed by atoms with Gasteiger partial charge >= 0.3 is 5.79 Å². The molecule has 1 aromatic rings. The van der Waals surface area contributed by atoms with Crippen molar-refractivity contribution in [2.24, 2.45) is 28.8 Å². The molecule has 15 nitrogen and oxygen atoms in total. The number of aliphatic hydroxyl groups excluding tert-OH is 3. The van der Waals surface area contributed by atoms with Crippen molar-refractivity contribution >= 4 is 29.5 Å². The Bertz CT molecular complexity index is 1910. The Balaban J connectivity index is 1.65. The molecule has 1 aliphatic carbocycles. The Labute approximate surface area is 327 Å². The summed E-state index contributed by atoms with van der Waals surface area (Å²) in [5, 5.41) is 54.0. The Morgan fingerprint density at radius 1 is 0.893 bits per heavy atom. The van der Waals surface area contributed by atoms with Crippen molar-refractivity contribution in [1.82, 2.24) is 15.2 Å². The van der Waals surface area contributed by atoms with E-state index in [1.165, 1.54) is 52.5 Å². The van der Waals surface area contributed by atoms with Crippen LogP contribution in [0.1, 0.15) is 78.2 Å². The summed E-state index contributed by atoms with van der Waals surface area (Å²) >= 11 is 0. The Hall–Kier alpha value is -4.67. The number of Topliss-reactive ketones (excluding diaryl/α,β-unsaturated/α-hetero) is 3. The zero-order chi connectivity index (χ0) is 41.4. The van der Waals surface area contributed by atoms with E-state index in [2.05, 4.69) is 15.3 Å². The molecule has 4 aliphatic heterocycles. The number of hydrogen-bond donors (Lipinski definition) is 5. The third-order valence-electron chi connectivity index (χ3n) is 11.6. The number of ketones is 3. The molecule has 4 heterocycles. The third kappa shape index (κ3) is 7.96. The average molecular weight is 779 g/mol. The van der Waals surface area contributed by atoms with Crippen LogP contribution in [0.5, 0.6) is 11.5 Å². The van der Waals surface area contributed by atoms with Crippen LogP contribution in [0, 0.1) is 30.6 Å². The standard InChI is InChI=1S/C41H54N4O11/c1-20-11-10-12-21(2)40(53)43-31-26(19-42-45-16-14-44(8)15-17-45)36(50)28-29(37(31)51)35(49)25(6)38-30(28)39(52)41(7,56-38)55-18-13-27(54-9)22(3)33(47)24(5)34(48)23(4)32(20)46/h10-13,18-20,22-24,27,32-34,46-49H,14-17H2,1-9H3,(H,43,53)/b11-10+,18-13+,21-12-,42-19+/t20-,22+,23+,24-,27-,32-,33+,34+,41-/m0/s1. The molecule has 0 saturated carbocycles. The Morgan fingerprint density at radius 2 is 1.52 bits per heavy atom. The number of piperazine rings is 1. The third-order valence-corrected chi connectivity index (χ3v) is 11.6. The number of rotatable bonds is 3. The fourth-order valence-electron chi connectivity index (χ4n) is 7.50. The quantitative estimate of drug-likeness (QED) is 0.280. The molecule has 5 bridgehead atoms. The maximum atomic E-state index is 14.6. The van der Waals surface area contributed by atoms with Crippen LogP contribution in [-0.4, -0.2) is 130 Å². The van der Waals surface area contributed by atoms with E-state index in [-0.39, 0.29) is 28.0 Å². The summed E-state index contributed by atoms with van der Waals surface area (Å²) in [4.78, 5) is 59.0. The normalized spacial score (nSPS) is 34.6. The predicted octanol–water partition coefficient (Wildman–Crippen LogP) is 2.66. The number of phenols is 1. The number of methoxy groups -OCH3 is 1. The molecule has 15 heteroatoms. The van der Waals surface area contributed by atoms with E-state index in [1.54, 1.807) is 44.9 Å². The minimum atomic E-state index is -2.06. The molecule has 0 aromatic heterocycles. The van der Waals surface area contributed by atoms with Crippen LogP contribution in [0.3, 0.4) is 0 Å². The predicted molar refractivity (Wildman–Crippen MR) is 206 cm³/mol. The molecule has 0 unspecified atom stereocenters. The van der Waals surface area contributed by atoms with Gasteiger partial charge in [0.1, 0.15) is 17.2 Å². The summed E-state index contributed by atoms with van der Waals surface area (Å²) in [6.07, 6.45) is 4.49. The van der Waals surface area contributed by atoms with Crippen LogP contribution in [0.25, 0.3) is 0 Å². The van der Waals surface area contributed by atoms with Crippen molar-refractivity contribution in [3.63, 3.8) is 0 Å². The van der Waals surface area contributed by atoms with Crippen LogP contribution in [-0.2, 0) is 14.3 Å². The first-order chi connectivity index (χ1) is 26.3. The lowest BCUT2D eigenvalue weighted by Gasteiger charge is -2.36. The molecule has 304 valence electrons. The second-order valence-corrected chi connectivity index (χ2v) is 15.5. The highest BCUT2D eigenvalue weighted by atomic mass is 16.7. The number of amides is 1. The van der Waals surface area contributed by atoms with Gasteiger partial charge in [-0.1, -0.05) is 45.9 Å². The number of aliphatic hydroxyl groups is 3. The molecule has 6 rings (SSSR count). The molecule has 0 radical (unpaired) electrons. The Kier molecular flexibility index (Phi) is 12.8. The van der Waals surface area contributed by atoms with Gasteiger partial charge in [-0.2, -0.15) is 5.10 Å². The smallest absolute Gasteiger partial charge is 0.312 e. The molecule has 9 atom stereocenters. The topological polar surface area (TPSA) is 208 Å². The fraction of sp³-hybridized carbons (Fsp3) is 0.537. The fourth-order valence-corrected chi connectivity index (χ4v) is 7.50. The molecule has 1 aromatic carbocycles. The number of aromatic hydroxyl groups is 1. The zero-order valence-corrected chi connectivity index (χ0v) is 33.4. The van der Waals surface area contributed by atoms with Crippen LogP contribution >= 0.6 is 0 Å². The van der Waals surface area contributed by atoms with E-state index >= 15 is 0 Å². The molecule has 1 amide bonds. The second kappa shape index (κ2) is 16.8. The maximum absolute atomic E-state index is 14.6. The monoisotopic (exact) mass is 778 g/mol. The highest BCUT2D eigenvalue weighted by molar-refractivity contribution is 6.37. The van der Waals surface area contributed by atoms with Crippen LogP contribution in [0.4, 0.5) is 0 Å². The van der Waals surface area contributed by atoms with Gasteiger partial charge in [-0.25, -0.2) is 0 Å². The molecular formula is C41H54N4O11. The number of hydrazone groups is 1. The first-order valence-electron chi connectivity index (χ1n) is 18.9. The number of nitrogens with zero attached hydrogens (tertiary/aromatic N) is 3. The van der Waals surface area contributed by atoms with Crippen molar-refractivity contribution < 1.29 is 53.8 Å². The number of benzene rings is 1. The molecule has 5 aliphatic rings. The number of carbonyl (C=O) groups excluding carboxylic acids is 4. The lowest BCUT2D eigenvalue weighted by atomic mass is 9.78. The lowest BCUT2D eigenvalue weighted by Crippen LogP contribution is -2.45. The summed E-state index contributed by atoms with van der Waals surface area (Å²) in [5.74, 6) is -8.58. The van der Waals surface area contributed by atoms with Gasteiger partial charge in [0, 0.05) is 75.0 Å². The van der Waals surface area contributed by atoms with Gasteiger partial charge in [-0.3, -0.25) is 24.2 Å². The number of carbonyl (C=O) groups is 4. The van der Waals surface area contributed by atoms with E-state index in [4.69, 9.17) is 14.2 Å². The van der Waals surface area contributed by atoms with Crippen molar-refractivity contribution in [2.45, 2.75) is 78.7 Å². The van der Waals surface area contributed by atoms with Gasteiger partial charge in [0.2, 0.25) is 5.78 Å². The van der Waals surface area contributed by atoms with Crippen molar-refractivity contribution in [3.8, 4) is 11.5 Å². The molecule has 1 fully saturated rings. The number of ether oxygens (including phenoxy) is 3. The minimum absolute atomic E-state index is 0.00103. The first kappa shape index (κ1) is 42.5. The lowest BCUT2D eigenvalue weighted by molar-refractivity contribution is -0.116. The Morgan fingerprint density at radius 3 is 2.16 bits per heavy atom. The molecular weight excluding hydrogens is 724 g/mol. The average Bonchev–Trinajstić information content (AvgIpc) is 3.44. The van der Waals surface area contributed by atoms with Crippen LogP contribution < -0.4 is 10.1 Å². The van der Waals surface area contributed by atoms with Gasteiger partial charge < -0.3 is 44.9 Å². The molecule has 1 saturated heterocycles. The zero-order valence-electron chi connectivity index (χ0n) is 33.4. The first-order valence-corrected chi connectivity index (χ1v) is 18.9. The van der Waals surface area contributed by atoms with Crippen molar-refractivity contribution in [1.29, 1.82) is 0 Å². The summed E-state index contributed by atoms with van der Waals surface area (Å²) in [7, 11) is 3.39. The summed E-state index contributed by atoms with van der Waals surface area (Å²) in [5.41, 5.74) is -1.73. The molecule has 56 heavy (non-hydrogen) atoms. The van der Waals surface area contributed by atoms with Gasteiger partial charge in [-0.15, -0.1) is 0 Å². The van der Waals surface area contributed by atoms with Crippen LogP contribution in [0.2, 0.25) is 0 Å². The number of allylic oxidation sites excluding steroid dienone is 4. The molecule has 0 spiro atoms. The van der Waals surface area contributed by atoms with E-state index in [0.717, 1.165) is 0 Å². The molecule has 5 N–H and O–H groups in total. The van der Waals surface area contributed by atoms with Crippen molar-refractivity contribution in [3.05, 3.63) is 69.7 Å². The maximum Gasteiger partial charge on any atom is 0.312 e. The highest BCUT2D eigenvalue weighted by Crippen LogP contribution is 2.48. The van der Waals surface area contributed by atoms with E-state index in [9.17, 15) is 39.6 Å². The number of fused-ring (bicyclic) bond motifs is 14. The van der Waals surface area contributed by atoms with Gasteiger partial charge in [-0.05, 0) is 27.0 Å². The number of nitrogens with one attached hydrogen (secondary N) is 1. The minimum Gasteiger partial charge on any atom is -0.507 e. The number of likely N-dealkylation sites (N-methyl/N-ethyl adjacent to an activating group) is 1. The van der Waals surface area contributed by atoms with Crippen LogP contribution in [0.15, 0.2) is 52.5 Å². The van der Waals surface area contributed by atoms with Gasteiger partial charge in [0.15, 0.2) is 5.78 Å².